The number of hydrogen-bond acceptors (Lipinski definition) is 8. The zero-order valence-electron chi connectivity index (χ0n) is 15.9. The van der Waals surface area contributed by atoms with Crippen molar-refractivity contribution in [3.63, 3.8) is 0 Å². The maximum Gasteiger partial charge on any atom is 0.352 e. The molecule has 3 aromatic heterocycles. The molecular weight excluding hydrogens is 368 g/mol. The van der Waals surface area contributed by atoms with Crippen molar-refractivity contribution in [3.05, 3.63) is 34.5 Å². The van der Waals surface area contributed by atoms with E-state index in [1.165, 1.54) is 24.1 Å². The van der Waals surface area contributed by atoms with E-state index in [1.54, 1.807) is 7.05 Å². The number of aromatic nitrogens is 7. The van der Waals surface area contributed by atoms with Gasteiger partial charge in [0.1, 0.15) is 6.33 Å². The summed E-state index contributed by atoms with van der Waals surface area (Å²) in [6, 6.07) is 0. The highest BCUT2D eigenvalue weighted by molar-refractivity contribution is 6.06. The quantitative estimate of drug-likeness (QED) is 0.498. The van der Waals surface area contributed by atoms with E-state index in [1.807, 2.05) is 19.0 Å². The zero-order valence-corrected chi connectivity index (χ0v) is 15.9. The minimum Gasteiger partial charge on any atom is -0.348 e. The van der Waals surface area contributed by atoms with E-state index in [-0.39, 0.29) is 28.9 Å². The number of anilines is 1. The number of imidazole rings is 2. The van der Waals surface area contributed by atoms with Crippen LogP contribution in [0.25, 0.3) is 5.65 Å². The van der Waals surface area contributed by atoms with E-state index in [4.69, 9.17) is 0 Å². The van der Waals surface area contributed by atoms with Crippen LogP contribution >= 0.6 is 0 Å². The summed E-state index contributed by atoms with van der Waals surface area (Å²) in [4.78, 5) is 46.7. The van der Waals surface area contributed by atoms with Crippen molar-refractivity contribution in [3.8, 4) is 0 Å². The van der Waals surface area contributed by atoms with Gasteiger partial charge in [0.15, 0.2) is 17.2 Å². The first-order valence-electron chi connectivity index (χ1n) is 8.32. The first-order valence-corrected chi connectivity index (χ1v) is 8.32. The molecule has 0 fully saturated rings. The van der Waals surface area contributed by atoms with Gasteiger partial charge in [-0.05, 0) is 14.1 Å². The van der Waals surface area contributed by atoms with Crippen molar-refractivity contribution in [2.45, 2.75) is 0 Å². The van der Waals surface area contributed by atoms with E-state index in [0.717, 1.165) is 9.08 Å². The first-order chi connectivity index (χ1) is 13.3. The molecule has 3 heterocycles. The molecule has 0 atom stereocenters. The molecule has 0 radical (unpaired) electrons. The number of nitrogens with one attached hydrogen (secondary N) is 2. The number of amides is 2. The molecule has 0 aliphatic rings. The third kappa shape index (κ3) is 3.73. The van der Waals surface area contributed by atoms with Crippen LogP contribution in [-0.4, -0.2) is 77.8 Å². The molecule has 3 rings (SSSR count). The van der Waals surface area contributed by atoms with Crippen LogP contribution in [0.4, 0.5) is 5.82 Å². The third-order valence-corrected chi connectivity index (χ3v) is 3.88. The van der Waals surface area contributed by atoms with Crippen LogP contribution < -0.4 is 16.3 Å². The van der Waals surface area contributed by atoms with Gasteiger partial charge in [0.25, 0.3) is 11.8 Å². The van der Waals surface area contributed by atoms with Gasteiger partial charge in [0.05, 0.1) is 0 Å². The molecule has 148 valence electrons. The van der Waals surface area contributed by atoms with Crippen LogP contribution in [-0.2, 0) is 14.1 Å². The molecule has 2 N–H and O–H groups in total. The van der Waals surface area contributed by atoms with Crippen LogP contribution in [0.2, 0.25) is 0 Å². The Morgan fingerprint density at radius 2 is 1.96 bits per heavy atom. The van der Waals surface area contributed by atoms with Crippen LogP contribution in [0, 0.1) is 0 Å². The lowest BCUT2D eigenvalue weighted by Gasteiger charge is -2.09. The lowest BCUT2D eigenvalue weighted by molar-refractivity contribution is 0.0936. The Hall–Kier alpha value is -3.61. The molecule has 3 aromatic rings. The van der Waals surface area contributed by atoms with Crippen LogP contribution in [0.15, 0.2) is 17.3 Å². The molecule has 0 aromatic carbocycles. The normalized spacial score (nSPS) is 11.2. The van der Waals surface area contributed by atoms with Gasteiger partial charge >= 0.3 is 5.69 Å². The lowest BCUT2D eigenvalue weighted by atomic mass is 10.4. The zero-order chi connectivity index (χ0) is 20.4. The van der Waals surface area contributed by atoms with Gasteiger partial charge in [-0.1, -0.05) is 5.21 Å². The molecule has 0 bridgehead atoms. The SMILES string of the molecule is CN(C)CCNC(=O)c1nc(NC(=O)c2ncn3c(=O)n(C)nnc23)cn1C. The number of aryl methyl sites for hydroxylation is 2. The number of hydrogen-bond donors (Lipinski definition) is 2. The Balaban J connectivity index is 1.76. The van der Waals surface area contributed by atoms with Gasteiger partial charge < -0.3 is 20.1 Å². The molecule has 13 nitrogen and oxygen atoms in total. The fourth-order valence-corrected chi connectivity index (χ4v) is 2.43. The number of fused-ring (bicyclic) bond motifs is 1. The Labute approximate surface area is 159 Å². The summed E-state index contributed by atoms with van der Waals surface area (Å²) in [5, 5.41) is 12.8. The number of nitrogens with zero attached hydrogens (tertiary/aromatic N) is 8. The van der Waals surface area contributed by atoms with E-state index in [0.29, 0.717) is 13.1 Å². The van der Waals surface area contributed by atoms with E-state index in [2.05, 4.69) is 30.9 Å². The number of carbonyl (C=O) groups is 2. The molecule has 0 unspecified atom stereocenters. The van der Waals surface area contributed by atoms with Crippen molar-refractivity contribution in [1.29, 1.82) is 0 Å². The molecule has 0 saturated heterocycles. The Kier molecular flexibility index (Phi) is 5.17. The van der Waals surface area contributed by atoms with Crippen LogP contribution in [0.1, 0.15) is 21.1 Å². The van der Waals surface area contributed by atoms with Crippen LogP contribution in [0.5, 0.6) is 0 Å². The minimum absolute atomic E-state index is 0.0261. The van der Waals surface area contributed by atoms with Crippen molar-refractivity contribution in [2.75, 3.05) is 32.5 Å². The Morgan fingerprint density at radius 3 is 2.68 bits per heavy atom. The lowest BCUT2D eigenvalue weighted by Crippen LogP contribution is -2.32. The topological polar surface area (TPSA) is 144 Å². The van der Waals surface area contributed by atoms with Crippen molar-refractivity contribution in [1.82, 2.24) is 44.1 Å². The highest BCUT2D eigenvalue weighted by Gasteiger charge is 2.20. The third-order valence-electron chi connectivity index (χ3n) is 3.88. The predicted molar refractivity (Wildman–Crippen MR) is 98.1 cm³/mol. The number of carbonyl (C=O) groups excluding carboxylic acids is 2. The first kappa shape index (κ1) is 19.2. The Morgan fingerprint density at radius 1 is 1.21 bits per heavy atom. The maximum atomic E-state index is 12.5. The van der Waals surface area contributed by atoms with Crippen molar-refractivity contribution >= 4 is 23.3 Å². The molecule has 2 amide bonds. The average molecular weight is 388 g/mol. The summed E-state index contributed by atoms with van der Waals surface area (Å²) < 4.78 is 3.64. The number of likely N-dealkylation sites (N-methyl/N-ethyl adjacent to an activating group) is 1. The maximum absolute atomic E-state index is 12.5. The summed E-state index contributed by atoms with van der Waals surface area (Å²) in [7, 11) is 6.89. The minimum atomic E-state index is -0.622. The van der Waals surface area contributed by atoms with Gasteiger partial charge in [-0.25, -0.2) is 19.2 Å². The molecule has 0 aliphatic heterocycles. The van der Waals surface area contributed by atoms with Crippen LogP contribution in [0.3, 0.4) is 0 Å². The summed E-state index contributed by atoms with van der Waals surface area (Å²) in [6.45, 7) is 1.16. The van der Waals surface area contributed by atoms with E-state index < -0.39 is 11.6 Å². The van der Waals surface area contributed by atoms with E-state index >= 15 is 0 Å². The molecule has 0 saturated carbocycles. The molecule has 28 heavy (non-hydrogen) atoms. The second-order valence-electron chi connectivity index (χ2n) is 6.36. The van der Waals surface area contributed by atoms with Gasteiger partial charge in [0.2, 0.25) is 5.82 Å². The standard InChI is InChI=1S/C15H20N10O3/c1-22(2)6-5-16-14(27)12-18-9(7-23(12)3)19-13(26)10-11-20-21-24(4)15(28)25(11)8-17-10/h7-8H,5-6H2,1-4H3,(H,16,27)(H,19,26). The molecule has 0 spiro atoms. The summed E-state index contributed by atoms with van der Waals surface area (Å²) in [5.41, 5.74) is -0.530. The van der Waals surface area contributed by atoms with Crippen molar-refractivity contribution in [2.24, 2.45) is 14.1 Å². The second kappa shape index (κ2) is 7.56. The number of rotatable bonds is 6. The highest BCUT2D eigenvalue weighted by Crippen LogP contribution is 2.10. The van der Waals surface area contributed by atoms with E-state index in [9.17, 15) is 14.4 Å². The summed E-state index contributed by atoms with van der Waals surface area (Å²) in [5.74, 6) is -0.657. The largest absolute Gasteiger partial charge is 0.352 e. The second-order valence-corrected chi connectivity index (χ2v) is 6.36. The molecular formula is C15H20N10O3. The van der Waals surface area contributed by atoms with Gasteiger partial charge in [-0.15, -0.1) is 5.10 Å². The van der Waals surface area contributed by atoms with Gasteiger partial charge in [-0.3, -0.25) is 9.59 Å². The Bertz CT molecular complexity index is 1090. The van der Waals surface area contributed by atoms with Gasteiger partial charge in [0, 0.05) is 33.4 Å². The molecule has 0 aliphatic carbocycles. The van der Waals surface area contributed by atoms with Crippen molar-refractivity contribution < 1.29 is 9.59 Å². The summed E-state index contributed by atoms with van der Waals surface area (Å²) >= 11 is 0. The monoisotopic (exact) mass is 388 g/mol. The highest BCUT2D eigenvalue weighted by atomic mass is 16.2. The van der Waals surface area contributed by atoms with Gasteiger partial charge in [-0.2, -0.15) is 4.68 Å². The fourth-order valence-electron chi connectivity index (χ4n) is 2.43. The summed E-state index contributed by atoms with van der Waals surface area (Å²) in [6.07, 6.45) is 2.70. The average Bonchev–Trinajstić information content (AvgIpc) is 3.21. The fraction of sp³-hybridized carbons (Fsp3) is 0.400. The molecule has 13 heteroatoms. The predicted octanol–water partition coefficient (Wildman–Crippen LogP) is -1.90. The smallest absolute Gasteiger partial charge is 0.348 e.